The van der Waals surface area contributed by atoms with E-state index in [1.807, 2.05) is 6.92 Å². The molecule has 118 valence electrons. The van der Waals surface area contributed by atoms with Crippen molar-refractivity contribution in [2.45, 2.75) is 32.6 Å². The Hall–Kier alpha value is -1.46. The van der Waals surface area contributed by atoms with Crippen LogP contribution in [0.1, 0.15) is 35.6 Å². The van der Waals surface area contributed by atoms with Gasteiger partial charge in [0, 0.05) is 30.1 Å². The number of rotatable bonds is 2. The molecule has 1 aliphatic rings. The quantitative estimate of drug-likeness (QED) is 0.858. The number of piperidine rings is 1. The van der Waals surface area contributed by atoms with Gasteiger partial charge in [0.1, 0.15) is 17.1 Å². The zero-order valence-electron chi connectivity index (χ0n) is 13.2. The van der Waals surface area contributed by atoms with E-state index in [1.165, 1.54) is 0 Å². The summed E-state index contributed by atoms with van der Waals surface area (Å²) in [6.45, 7) is 5.65. The second-order valence-corrected chi connectivity index (χ2v) is 6.77. The van der Waals surface area contributed by atoms with Gasteiger partial charge in [-0.25, -0.2) is 0 Å². The van der Waals surface area contributed by atoms with Crippen molar-refractivity contribution in [1.82, 2.24) is 4.31 Å². The summed E-state index contributed by atoms with van der Waals surface area (Å²) >= 11 is 1.77. The standard InChI is InChI=1S/C17H21NO3S/c1-10-14(19)5-4-13-15(20)11(2)16(21-17(10)13)12-6-8-18(22-3)9-7-12/h4-5,12,19H,6-9H2,1-3H3. The van der Waals surface area contributed by atoms with Gasteiger partial charge < -0.3 is 9.52 Å². The number of benzene rings is 1. The Labute approximate surface area is 134 Å². The third-order valence-corrected chi connectivity index (χ3v) is 5.51. The maximum Gasteiger partial charge on any atom is 0.195 e. The average molecular weight is 319 g/mol. The summed E-state index contributed by atoms with van der Waals surface area (Å²) in [7, 11) is 0. The van der Waals surface area contributed by atoms with Crippen LogP contribution in [0.5, 0.6) is 5.75 Å². The average Bonchev–Trinajstić information content (AvgIpc) is 2.54. The molecule has 1 N–H and O–H groups in total. The predicted molar refractivity (Wildman–Crippen MR) is 90.7 cm³/mol. The Morgan fingerprint density at radius 1 is 1.23 bits per heavy atom. The van der Waals surface area contributed by atoms with Gasteiger partial charge >= 0.3 is 0 Å². The molecule has 0 bridgehead atoms. The lowest BCUT2D eigenvalue weighted by molar-refractivity contribution is 0.315. The first-order valence-corrected chi connectivity index (χ1v) is 8.76. The molecule has 1 aromatic carbocycles. The molecule has 2 heterocycles. The third-order valence-electron chi connectivity index (χ3n) is 4.63. The summed E-state index contributed by atoms with van der Waals surface area (Å²) in [5.74, 6) is 1.25. The van der Waals surface area contributed by atoms with Crippen LogP contribution in [0, 0.1) is 13.8 Å². The number of hydrogen-bond acceptors (Lipinski definition) is 5. The molecule has 0 unspecified atom stereocenters. The molecule has 1 saturated heterocycles. The minimum atomic E-state index is 0.0200. The van der Waals surface area contributed by atoms with Gasteiger partial charge in [-0.1, -0.05) is 11.9 Å². The lowest BCUT2D eigenvalue weighted by atomic mass is 9.92. The van der Waals surface area contributed by atoms with E-state index in [9.17, 15) is 9.90 Å². The van der Waals surface area contributed by atoms with Gasteiger partial charge in [-0.05, 0) is 45.1 Å². The fourth-order valence-corrected chi connectivity index (χ4v) is 3.76. The first kappa shape index (κ1) is 15.4. The number of phenolic OH excluding ortho intramolecular Hbond substituents is 1. The van der Waals surface area contributed by atoms with Crippen molar-refractivity contribution in [2.75, 3.05) is 19.3 Å². The summed E-state index contributed by atoms with van der Waals surface area (Å²) in [5, 5.41) is 10.4. The maximum atomic E-state index is 12.6. The van der Waals surface area contributed by atoms with Gasteiger partial charge in [0.2, 0.25) is 0 Å². The molecule has 0 aliphatic carbocycles. The van der Waals surface area contributed by atoms with Gasteiger partial charge in [-0.3, -0.25) is 9.10 Å². The van der Waals surface area contributed by atoms with Crippen molar-refractivity contribution in [1.29, 1.82) is 0 Å². The Kier molecular flexibility index (Phi) is 4.19. The Morgan fingerprint density at radius 3 is 2.55 bits per heavy atom. The highest BCUT2D eigenvalue weighted by Crippen LogP contribution is 2.34. The Morgan fingerprint density at radius 2 is 1.91 bits per heavy atom. The molecule has 0 radical (unpaired) electrons. The molecule has 0 spiro atoms. The van der Waals surface area contributed by atoms with Crippen LogP contribution in [-0.2, 0) is 0 Å². The molecule has 2 aromatic rings. The van der Waals surface area contributed by atoms with Gasteiger partial charge in [0.05, 0.1) is 5.39 Å². The van der Waals surface area contributed by atoms with E-state index in [1.54, 1.807) is 31.0 Å². The van der Waals surface area contributed by atoms with Crippen molar-refractivity contribution in [3.05, 3.63) is 39.2 Å². The van der Waals surface area contributed by atoms with E-state index in [0.29, 0.717) is 22.1 Å². The van der Waals surface area contributed by atoms with Crippen molar-refractivity contribution in [3.63, 3.8) is 0 Å². The molecule has 1 aromatic heterocycles. The van der Waals surface area contributed by atoms with E-state index in [4.69, 9.17) is 4.42 Å². The number of aryl methyl sites for hydroxylation is 1. The van der Waals surface area contributed by atoms with Crippen LogP contribution in [0.2, 0.25) is 0 Å². The minimum absolute atomic E-state index is 0.0200. The van der Waals surface area contributed by atoms with Crippen molar-refractivity contribution >= 4 is 22.9 Å². The van der Waals surface area contributed by atoms with E-state index in [0.717, 1.165) is 31.7 Å². The van der Waals surface area contributed by atoms with Crippen molar-refractivity contribution < 1.29 is 9.52 Å². The van der Waals surface area contributed by atoms with Gasteiger partial charge in [-0.15, -0.1) is 0 Å². The van der Waals surface area contributed by atoms with Gasteiger partial charge in [-0.2, -0.15) is 0 Å². The van der Waals surface area contributed by atoms with Crippen LogP contribution in [0.4, 0.5) is 0 Å². The first-order valence-electron chi connectivity index (χ1n) is 7.58. The maximum absolute atomic E-state index is 12.6. The highest BCUT2D eigenvalue weighted by Gasteiger charge is 2.25. The number of fused-ring (bicyclic) bond motifs is 1. The fraction of sp³-hybridized carbons (Fsp3) is 0.471. The molecular formula is C17H21NO3S. The fourth-order valence-electron chi connectivity index (χ4n) is 3.18. The molecular weight excluding hydrogens is 298 g/mol. The molecule has 1 aliphatic heterocycles. The van der Waals surface area contributed by atoms with Crippen LogP contribution in [0.3, 0.4) is 0 Å². The lowest BCUT2D eigenvalue weighted by Gasteiger charge is -2.30. The molecule has 1 fully saturated rings. The number of nitrogens with zero attached hydrogens (tertiary/aromatic N) is 1. The number of aromatic hydroxyl groups is 1. The van der Waals surface area contributed by atoms with E-state index in [-0.39, 0.29) is 17.1 Å². The van der Waals surface area contributed by atoms with Crippen LogP contribution in [0.25, 0.3) is 11.0 Å². The van der Waals surface area contributed by atoms with Crippen LogP contribution in [-0.4, -0.2) is 28.8 Å². The number of hydrogen-bond donors (Lipinski definition) is 1. The molecule has 0 atom stereocenters. The minimum Gasteiger partial charge on any atom is -0.508 e. The van der Waals surface area contributed by atoms with Crippen molar-refractivity contribution in [2.24, 2.45) is 0 Å². The van der Waals surface area contributed by atoms with Crippen LogP contribution in [0.15, 0.2) is 21.3 Å². The normalized spacial score (nSPS) is 17.2. The van der Waals surface area contributed by atoms with E-state index < -0.39 is 0 Å². The summed E-state index contributed by atoms with van der Waals surface area (Å²) in [4.78, 5) is 12.6. The molecule has 0 amide bonds. The zero-order valence-corrected chi connectivity index (χ0v) is 14.0. The molecule has 22 heavy (non-hydrogen) atoms. The Balaban J connectivity index is 2.09. The van der Waals surface area contributed by atoms with Crippen molar-refractivity contribution in [3.8, 4) is 5.75 Å². The molecule has 0 saturated carbocycles. The topological polar surface area (TPSA) is 53.7 Å². The highest BCUT2D eigenvalue weighted by atomic mass is 32.2. The summed E-state index contributed by atoms with van der Waals surface area (Å²) in [6.07, 6.45) is 4.08. The zero-order chi connectivity index (χ0) is 15.9. The second kappa shape index (κ2) is 5.97. The van der Waals surface area contributed by atoms with Crippen LogP contribution < -0.4 is 5.43 Å². The smallest absolute Gasteiger partial charge is 0.195 e. The predicted octanol–water partition coefficient (Wildman–Crippen LogP) is 3.57. The summed E-state index contributed by atoms with van der Waals surface area (Å²) in [6, 6.07) is 3.21. The SMILES string of the molecule is CSN1CCC(c2oc3c(C)c(O)ccc3c(=O)c2C)CC1. The largest absolute Gasteiger partial charge is 0.508 e. The van der Waals surface area contributed by atoms with Gasteiger partial charge in [0.25, 0.3) is 0 Å². The van der Waals surface area contributed by atoms with Gasteiger partial charge in [0.15, 0.2) is 5.43 Å². The second-order valence-electron chi connectivity index (χ2n) is 5.89. The first-order chi connectivity index (χ1) is 10.5. The molecule has 4 nitrogen and oxygen atoms in total. The number of phenols is 1. The summed E-state index contributed by atoms with van der Waals surface area (Å²) in [5.41, 5.74) is 1.89. The summed E-state index contributed by atoms with van der Waals surface area (Å²) < 4.78 is 8.44. The molecule has 5 heteroatoms. The van der Waals surface area contributed by atoms with Crippen LogP contribution >= 0.6 is 11.9 Å². The highest BCUT2D eigenvalue weighted by molar-refractivity contribution is 7.96. The monoisotopic (exact) mass is 319 g/mol. The molecule has 3 rings (SSSR count). The third kappa shape index (κ3) is 2.52. The lowest BCUT2D eigenvalue weighted by Crippen LogP contribution is -2.28. The Bertz CT molecular complexity index is 761. The van der Waals surface area contributed by atoms with E-state index >= 15 is 0 Å². The van der Waals surface area contributed by atoms with E-state index in [2.05, 4.69) is 10.6 Å².